The van der Waals surface area contributed by atoms with Gasteiger partial charge in [0.1, 0.15) is 6.04 Å². The van der Waals surface area contributed by atoms with Crippen LogP contribution in [0, 0.1) is 0 Å². The Hall–Kier alpha value is -0.610. The summed E-state index contributed by atoms with van der Waals surface area (Å²) in [6, 6.07) is -0.994. The quantitative estimate of drug-likeness (QED) is 0.558. The van der Waals surface area contributed by atoms with Crippen molar-refractivity contribution in [3.05, 3.63) is 0 Å². The van der Waals surface area contributed by atoms with Crippen molar-refractivity contribution in [1.29, 1.82) is 0 Å². The van der Waals surface area contributed by atoms with Crippen LogP contribution in [0.25, 0.3) is 0 Å². The molecule has 0 saturated heterocycles. The molecule has 0 aliphatic carbocycles. The molecule has 0 aromatic heterocycles. The molecule has 0 rings (SSSR count). The highest BCUT2D eigenvalue weighted by molar-refractivity contribution is 5.72. The van der Waals surface area contributed by atoms with Gasteiger partial charge in [0.2, 0.25) is 0 Å². The van der Waals surface area contributed by atoms with Crippen molar-refractivity contribution in [2.45, 2.75) is 25.3 Å². The lowest BCUT2D eigenvalue weighted by atomic mass is 10.1. The van der Waals surface area contributed by atoms with E-state index in [0.29, 0.717) is 25.8 Å². The molecule has 0 aromatic carbocycles. The number of rotatable bonds is 5. The average Bonchev–Trinajstić information content (AvgIpc) is 1.88. The van der Waals surface area contributed by atoms with Gasteiger partial charge in [-0.15, -0.1) is 0 Å². The third kappa shape index (κ3) is 4.29. The van der Waals surface area contributed by atoms with Crippen LogP contribution in [0.15, 0.2) is 0 Å². The maximum absolute atomic E-state index is 10.1. The zero-order valence-electron chi connectivity index (χ0n) is 5.76. The minimum atomic E-state index is -1.06. The molecule has 1 unspecified atom stereocenters. The van der Waals surface area contributed by atoms with Crippen molar-refractivity contribution in [3.63, 3.8) is 0 Å². The summed E-state index contributed by atoms with van der Waals surface area (Å²) in [5, 5.41) is 8.25. The first-order chi connectivity index (χ1) is 4.68. The molecule has 0 spiro atoms. The van der Waals surface area contributed by atoms with Crippen LogP contribution in [0.3, 0.4) is 0 Å². The van der Waals surface area contributed by atoms with E-state index in [0.717, 1.165) is 0 Å². The Morgan fingerprint density at radius 3 is 2.50 bits per heavy atom. The van der Waals surface area contributed by atoms with Gasteiger partial charge in [-0.1, -0.05) is 0 Å². The lowest BCUT2D eigenvalue weighted by molar-refractivity contribution is -0.138. The van der Waals surface area contributed by atoms with Crippen LogP contribution in [-0.4, -0.2) is 23.7 Å². The summed E-state index contributed by atoms with van der Waals surface area (Å²) in [4.78, 5) is 10.1. The molecule has 0 aliphatic rings. The van der Waals surface area contributed by atoms with E-state index in [1.54, 1.807) is 0 Å². The highest BCUT2D eigenvalue weighted by atomic mass is 16.4. The second-order valence-electron chi connectivity index (χ2n) is 2.14. The van der Waals surface area contributed by atoms with Gasteiger partial charge >= 0.3 is 5.97 Å². The number of unbranched alkanes of at least 4 members (excludes halogenated alkanes) is 1. The summed E-state index contributed by atoms with van der Waals surface area (Å²) in [6.07, 6.45) is 1.74. The molecule has 4 heteroatoms. The van der Waals surface area contributed by atoms with Crippen molar-refractivity contribution in [2.24, 2.45) is 0 Å². The first-order valence-electron chi connectivity index (χ1n) is 3.27. The van der Waals surface area contributed by atoms with Crippen LogP contribution < -0.4 is 11.5 Å². The first-order valence-corrected chi connectivity index (χ1v) is 3.27. The van der Waals surface area contributed by atoms with Gasteiger partial charge < -0.3 is 5.11 Å². The van der Waals surface area contributed by atoms with Crippen molar-refractivity contribution in [1.82, 2.24) is 11.5 Å². The van der Waals surface area contributed by atoms with Gasteiger partial charge in [0.15, 0.2) is 0 Å². The van der Waals surface area contributed by atoms with Crippen LogP contribution in [0.2, 0.25) is 0 Å². The normalized spacial score (nSPS) is 13.0. The minimum absolute atomic E-state index is 0.326. The number of carbonyl (C=O) groups is 1. The molecule has 0 bridgehead atoms. The number of nitrogens with one attached hydrogen (secondary N) is 2. The van der Waals surface area contributed by atoms with E-state index < -0.39 is 12.0 Å². The van der Waals surface area contributed by atoms with Crippen LogP contribution in [0.4, 0.5) is 0 Å². The third-order valence-corrected chi connectivity index (χ3v) is 1.22. The Labute approximate surface area is 60.2 Å². The van der Waals surface area contributed by atoms with E-state index >= 15 is 0 Å². The Bertz CT molecular complexity index is 106. The predicted molar refractivity (Wildman–Crippen MR) is 36.3 cm³/mol. The number of carboxylic acids is 1. The molecule has 0 aromatic rings. The fourth-order valence-corrected chi connectivity index (χ4v) is 0.597. The topological polar surface area (TPSA) is 84.9 Å². The number of carboxylic acid groups (broad SMARTS) is 1. The second kappa shape index (κ2) is 5.20. The van der Waals surface area contributed by atoms with E-state index in [4.69, 9.17) is 16.6 Å². The first kappa shape index (κ1) is 9.39. The molecular weight excluding hydrogens is 132 g/mol. The summed E-state index contributed by atoms with van der Waals surface area (Å²) in [7, 11) is 0. The smallest absolute Gasteiger partial charge is 0.322 e. The fourth-order valence-electron chi connectivity index (χ4n) is 0.597. The summed E-state index contributed by atoms with van der Waals surface area (Å²) in [6.45, 7) is 0.326. The molecule has 0 fully saturated rings. The largest absolute Gasteiger partial charge is 0.480 e. The van der Waals surface area contributed by atoms with Crippen molar-refractivity contribution >= 4 is 5.97 Å². The summed E-state index contributed by atoms with van der Waals surface area (Å²) >= 11 is 0. The van der Waals surface area contributed by atoms with E-state index in [1.807, 2.05) is 0 Å². The Morgan fingerprint density at radius 2 is 2.10 bits per heavy atom. The molecule has 4 nitrogen and oxygen atoms in total. The molecule has 0 saturated carbocycles. The van der Waals surface area contributed by atoms with Crippen LogP contribution in [0.1, 0.15) is 19.3 Å². The molecule has 3 N–H and O–H groups in total. The summed E-state index contributed by atoms with van der Waals surface area (Å²) in [5.41, 5.74) is 13.7. The second-order valence-corrected chi connectivity index (χ2v) is 2.14. The maximum Gasteiger partial charge on any atom is 0.322 e. The van der Waals surface area contributed by atoms with Crippen molar-refractivity contribution in [2.75, 3.05) is 6.54 Å². The van der Waals surface area contributed by atoms with Crippen LogP contribution in [0.5, 0.6) is 0 Å². The number of hydrogen-bond acceptors (Lipinski definition) is 1. The van der Waals surface area contributed by atoms with Gasteiger partial charge in [0, 0.05) is 6.54 Å². The van der Waals surface area contributed by atoms with Crippen LogP contribution in [-0.2, 0) is 4.79 Å². The molecule has 1 atom stereocenters. The highest BCUT2D eigenvalue weighted by Crippen LogP contribution is 1.98. The average molecular weight is 144 g/mol. The Morgan fingerprint density at radius 1 is 1.50 bits per heavy atom. The summed E-state index contributed by atoms with van der Waals surface area (Å²) in [5.74, 6) is -1.06. The van der Waals surface area contributed by atoms with Gasteiger partial charge in [0.05, 0.1) is 0 Å². The lowest BCUT2D eigenvalue weighted by Crippen LogP contribution is -2.21. The summed E-state index contributed by atoms with van der Waals surface area (Å²) < 4.78 is 0. The zero-order valence-corrected chi connectivity index (χ0v) is 5.76. The SMILES string of the molecule is [NH]CCCCC([NH])C(=O)O. The standard InChI is InChI=1S/C6H12N2O2/c7-4-2-1-3-5(8)6(9)10/h5,7-8H,1-4H2,(H,9,10). The number of aliphatic carboxylic acids is 1. The van der Waals surface area contributed by atoms with Gasteiger partial charge in [-0.2, -0.15) is 0 Å². The van der Waals surface area contributed by atoms with Gasteiger partial charge in [-0.05, 0) is 19.3 Å². The van der Waals surface area contributed by atoms with E-state index in [2.05, 4.69) is 0 Å². The maximum atomic E-state index is 10.1. The molecule has 58 valence electrons. The number of hydrogen-bond donors (Lipinski definition) is 1. The lowest BCUT2D eigenvalue weighted by Gasteiger charge is -2.02. The fraction of sp³-hybridized carbons (Fsp3) is 0.833. The zero-order chi connectivity index (χ0) is 7.98. The molecule has 0 amide bonds. The van der Waals surface area contributed by atoms with Crippen molar-refractivity contribution in [3.8, 4) is 0 Å². The monoisotopic (exact) mass is 144 g/mol. The molecule has 10 heavy (non-hydrogen) atoms. The van der Waals surface area contributed by atoms with Gasteiger partial charge in [0.25, 0.3) is 0 Å². The van der Waals surface area contributed by atoms with E-state index in [-0.39, 0.29) is 0 Å². The van der Waals surface area contributed by atoms with Gasteiger partial charge in [-0.3, -0.25) is 10.5 Å². The van der Waals surface area contributed by atoms with Crippen molar-refractivity contribution < 1.29 is 9.90 Å². The molecule has 0 heterocycles. The molecule has 0 aliphatic heterocycles. The molecular formula is C6H12N2O2. The van der Waals surface area contributed by atoms with Gasteiger partial charge in [-0.25, -0.2) is 5.73 Å². The minimum Gasteiger partial charge on any atom is -0.480 e. The Balaban J connectivity index is 3.21. The van der Waals surface area contributed by atoms with Crippen LogP contribution >= 0.6 is 0 Å². The predicted octanol–water partition coefficient (Wildman–Crippen LogP) is 0.176. The third-order valence-electron chi connectivity index (χ3n) is 1.22. The Kier molecular flexibility index (Phi) is 4.88. The molecule has 2 radical (unpaired) electrons. The van der Waals surface area contributed by atoms with E-state index in [1.165, 1.54) is 0 Å². The van der Waals surface area contributed by atoms with E-state index in [9.17, 15) is 4.79 Å². The highest BCUT2D eigenvalue weighted by Gasteiger charge is 2.10.